The number of pyridine rings is 1. The molecule has 0 aliphatic carbocycles. The molecule has 0 spiro atoms. The molecule has 3 aromatic rings. The Morgan fingerprint density at radius 3 is 2.94 bits per heavy atom. The fraction of sp³-hybridized carbons (Fsp3) is 0.304. The van der Waals surface area contributed by atoms with E-state index in [2.05, 4.69) is 20.6 Å². The number of nitrogens with zero attached hydrogens (tertiary/aromatic N) is 3. The molecule has 0 saturated carbocycles. The van der Waals surface area contributed by atoms with Crippen LogP contribution in [0.25, 0.3) is 0 Å². The van der Waals surface area contributed by atoms with Crippen molar-refractivity contribution in [1.29, 1.82) is 0 Å². The highest BCUT2D eigenvalue weighted by Crippen LogP contribution is 2.27. The van der Waals surface area contributed by atoms with Crippen LogP contribution in [-0.4, -0.2) is 39.3 Å². The van der Waals surface area contributed by atoms with E-state index < -0.39 is 6.04 Å². The molecule has 4 rings (SSSR count). The number of halogens is 1. The third kappa shape index (κ3) is 5.26. The molecule has 1 aromatic carbocycles. The second-order valence-electron chi connectivity index (χ2n) is 7.67. The monoisotopic (exact) mass is 469 g/mol. The van der Waals surface area contributed by atoms with Crippen LogP contribution in [0.1, 0.15) is 41.0 Å². The first-order valence-electron chi connectivity index (χ1n) is 10.5. The normalized spacial score (nSPS) is 15.9. The maximum absolute atomic E-state index is 13.2. The SMILES string of the molecule is Cc1ccc(Cl)cc1Nc1nc(C(=O)N2CCCCC2C(=O)NCc2ccccn2)cs1. The second-order valence-corrected chi connectivity index (χ2v) is 8.97. The van der Waals surface area contributed by atoms with E-state index in [-0.39, 0.29) is 11.8 Å². The quantitative estimate of drug-likeness (QED) is 0.552. The van der Waals surface area contributed by atoms with Gasteiger partial charge in [0.05, 0.1) is 12.2 Å². The molecule has 2 N–H and O–H groups in total. The number of rotatable bonds is 6. The molecule has 0 radical (unpaired) electrons. The predicted octanol–water partition coefficient (Wildman–Crippen LogP) is 4.55. The molecule has 1 aliphatic heterocycles. The Labute approximate surface area is 195 Å². The average molecular weight is 470 g/mol. The van der Waals surface area contributed by atoms with E-state index in [4.69, 9.17) is 11.6 Å². The van der Waals surface area contributed by atoms with Crippen LogP contribution in [0.15, 0.2) is 48.0 Å². The lowest BCUT2D eigenvalue weighted by molar-refractivity contribution is -0.126. The summed E-state index contributed by atoms with van der Waals surface area (Å²) in [5.74, 6) is -0.387. The van der Waals surface area contributed by atoms with Crippen molar-refractivity contribution in [1.82, 2.24) is 20.2 Å². The van der Waals surface area contributed by atoms with Gasteiger partial charge in [-0.15, -0.1) is 11.3 Å². The van der Waals surface area contributed by atoms with E-state index in [1.54, 1.807) is 16.5 Å². The lowest BCUT2D eigenvalue weighted by Crippen LogP contribution is -2.51. The molecule has 9 heteroatoms. The van der Waals surface area contributed by atoms with Gasteiger partial charge in [-0.25, -0.2) is 4.98 Å². The van der Waals surface area contributed by atoms with Crippen LogP contribution in [-0.2, 0) is 11.3 Å². The number of hydrogen-bond donors (Lipinski definition) is 2. The third-order valence-corrected chi connectivity index (χ3v) is 6.39. The van der Waals surface area contributed by atoms with Crippen molar-refractivity contribution in [3.8, 4) is 0 Å². The first kappa shape index (κ1) is 22.2. The van der Waals surface area contributed by atoms with Gasteiger partial charge < -0.3 is 15.5 Å². The molecule has 1 atom stereocenters. The van der Waals surface area contributed by atoms with Gasteiger partial charge in [-0.05, 0) is 56.0 Å². The molecule has 0 bridgehead atoms. The largest absolute Gasteiger partial charge is 0.349 e. The fourth-order valence-corrected chi connectivity index (χ4v) is 4.53. The predicted molar refractivity (Wildman–Crippen MR) is 126 cm³/mol. The summed E-state index contributed by atoms with van der Waals surface area (Å²) >= 11 is 7.44. The van der Waals surface area contributed by atoms with Crippen LogP contribution in [0.3, 0.4) is 0 Å². The number of hydrogen-bond acceptors (Lipinski definition) is 6. The Bertz CT molecular complexity index is 1100. The van der Waals surface area contributed by atoms with Gasteiger partial charge in [0.1, 0.15) is 11.7 Å². The summed E-state index contributed by atoms with van der Waals surface area (Å²) in [7, 11) is 0. The van der Waals surface area contributed by atoms with Crippen molar-refractivity contribution in [2.24, 2.45) is 0 Å². The molecular weight excluding hydrogens is 446 g/mol. The van der Waals surface area contributed by atoms with Crippen LogP contribution in [0.4, 0.5) is 10.8 Å². The topological polar surface area (TPSA) is 87.2 Å². The van der Waals surface area contributed by atoms with Crippen molar-refractivity contribution >= 4 is 45.6 Å². The van der Waals surface area contributed by atoms with E-state index in [0.717, 1.165) is 29.8 Å². The molecule has 166 valence electrons. The van der Waals surface area contributed by atoms with Gasteiger partial charge in [0.2, 0.25) is 5.91 Å². The van der Waals surface area contributed by atoms with Crippen molar-refractivity contribution in [3.05, 3.63) is 69.9 Å². The summed E-state index contributed by atoms with van der Waals surface area (Å²) in [6.07, 6.45) is 4.10. The zero-order valence-corrected chi connectivity index (χ0v) is 19.2. The van der Waals surface area contributed by atoms with Crippen LogP contribution in [0.5, 0.6) is 0 Å². The smallest absolute Gasteiger partial charge is 0.274 e. The molecule has 1 saturated heterocycles. The maximum atomic E-state index is 13.2. The lowest BCUT2D eigenvalue weighted by Gasteiger charge is -2.34. The van der Waals surface area contributed by atoms with Crippen LogP contribution in [0, 0.1) is 6.92 Å². The van der Waals surface area contributed by atoms with Gasteiger partial charge in [0, 0.05) is 28.8 Å². The maximum Gasteiger partial charge on any atom is 0.274 e. The summed E-state index contributed by atoms with van der Waals surface area (Å²) in [5.41, 5.74) is 2.98. The van der Waals surface area contributed by atoms with Crippen LogP contribution >= 0.6 is 22.9 Å². The number of benzene rings is 1. The van der Waals surface area contributed by atoms with E-state index >= 15 is 0 Å². The molecular formula is C23H24ClN5O2S. The molecule has 32 heavy (non-hydrogen) atoms. The summed E-state index contributed by atoms with van der Waals surface area (Å²) in [5, 5.41) is 9.10. The first-order chi connectivity index (χ1) is 15.5. The molecule has 7 nitrogen and oxygen atoms in total. The molecule has 2 amide bonds. The number of aromatic nitrogens is 2. The molecule has 3 heterocycles. The Balaban J connectivity index is 1.44. The van der Waals surface area contributed by atoms with Crippen molar-refractivity contribution < 1.29 is 9.59 Å². The number of piperidine rings is 1. The summed E-state index contributed by atoms with van der Waals surface area (Å²) in [4.78, 5) is 36.4. The number of amides is 2. The summed E-state index contributed by atoms with van der Waals surface area (Å²) in [6.45, 7) is 2.84. The summed E-state index contributed by atoms with van der Waals surface area (Å²) < 4.78 is 0. The minimum absolute atomic E-state index is 0.160. The lowest BCUT2D eigenvalue weighted by atomic mass is 10.0. The van der Waals surface area contributed by atoms with E-state index in [0.29, 0.717) is 35.4 Å². The number of likely N-dealkylation sites (tertiary alicyclic amines) is 1. The average Bonchev–Trinajstić information content (AvgIpc) is 3.28. The first-order valence-corrected chi connectivity index (χ1v) is 11.7. The van der Waals surface area contributed by atoms with Crippen LogP contribution in [0.2, 0.25) is 5.02 Å². The number of nitrogens with one attached hydrogen (secondary N) is 2. The number of aryl methyl sites for hydroxylation is 1. The minimum Gasteiger partial charge on any atom is -0.349 e. The number of thiazole rings is 1. The zero-order valence-electron chi connectivity index (χ0n) is 17.7. The van der Waals surface area contributed by atoms with Crippen molar-refractivity contribution in [2.75, 3.05) is 11.9 Å². The van der Waals surface area contributed by atoms with E-state index in [1.807, 2.05) is 43.3 Å². The van der Waals surface area contributed by atoms with Gasteiger partial charge in [0.25, 0.3) is 5.91 Å². The number of anilines is 2. The van der Waals surface area contributed by atoms with Crippen molar-refractivity contribution in [2.45, 2.75) is 38.8 Å². The third-order valence-electron chi connectivity index (χ3n) is 5.40. The van der Waals surface area contributed by atoms with Gasteiger partial charge in [-0.2, -0.15) is 0 Å². The van der Waals surface area contributed by atoms with Gasteiger partial charge in [-0.1, -0.05) is 23.7 Å². The highest BCUT2D eigenvalue weighted by atomic mass is 35.5. The van der Waals surface area contributed by atoms with Crippen molar-refractivity contribution in [3.63, 3.8) is 0 Å². The van der Waals surface area contributed by atoms with Gasteiger partial charge in [0.15, 0.2) is 5.13 Å². The van der Waals surface area contributed by atoms with E-state index in [1.165, 1.54) is 11.3 Å². The second kappa shape index (κ2) is 10.1. The highest BCUT2D eigenvalue weighted by molar-refractivity contribution is 7.14. The summed E-state index contributed by atoms with van der Waals surface area (Å²) in [6, 6.07) is 10.6. The van der Waals surface area contributed by atoms with Gasteiger partial charge in [-0.3, -0.25) is 14.6 Å². The Kier molecular flexibility index (Phi) is 7.02. The van der Waals surface area contributed by atoms with Gasteiger partial charge >= 0.3 is 0 Å². The highest BCUT2D eigenvalue weighted by Gasteiger charge is 2.33. The standard InChI is InChI=1S/C23H24ClN5O2S/c1-15-8-9-16(24)12-18(15)27-23-28-19(14-32-23)22(31)29-11-5-3-7-20(29)21(30)26-13-17-6-2-4-10-25-17/h2,4,6,8-10,12,14,20H,3,5,7,11,13H2,1H3,(H,26,30)(H,27,28). The number of carbonyl (C=O) groups excluding carboxylic acids is 2. The molecule has 1 aliphatic rings. The molecule has 1 unspecified atom stereocenters. The minimum atomic E-state index is -0.506. The van der Waals surface area contributed by atoms with Crippen LogP contribution < -0.4 is 10.6 Å². The molecule has 1 fully saturated rings. The van der Waals surface area contributed by atoms with E-state index in [9.17, 15) is 9.59 Å². The fourth-order valence-electron chi connectivity index (χ4n) is 3.67. The molecule has 2 aromatic heterocycles. The zero-order chi connectivity index (χ0) is 22.5. The Hall–Kier alpha value is -2.97. The Morgan fingerprint density at radius 2 is 2.12 bits per heavy atom. The number of carbonyl (C=O) groups is 2. The Morgan fingerprint density at radius 1 is 1.25 bits per heavy atom.